The average Bonchev–Trinajstić information content (AvgIpc) is 2.51. The van der Waals surface area contributed by atoms with E-state index in [2.05, 4.69) is 10.4 Å². The molecule has 0 spiro atoms. The van der Waals surface area contributed by atoms with Gasteiger partial charge in [0.05, 0.1) is 18.9 Å². The molecule has 5 nitrogen and oxygen atoms in total. The van der Waals surface area contributed by atoms with Crippen LogP contribution in [0.15, 0.2) is 12.4 Å². The lowest BCUT2D eigenvalue weighted by Gasteiger charge is -2.07. The fraction of sp³-hybridized carbons (Fsp3) is 0.625. The molecule has 0 saturated heterocycles. The molecule has 0 fully saturated rings. The van der Waals surface area contributed by atoms with E-state index < -0.39 is 6.10 Å². The van der Waals surface area contributed by atoms with E-state index in [1.54, 1.807) is 10.9 Å². The third kappa shape index (κ3) is 3.54. The van der Waals surface area contributed by atoms with Gasteiger partial charge in [-0.05, 0) is 0 Å². The van der Waals surface area contributed by atoms with Gasteiger partial charge in [-0.2, -0.15) is 5.10 Å². The van der Waals surface area contributed by atoms with E-state index in [1.165, 1.54) is 0 Å². The second-order valence-corrected chi connectivity index (χ2v) is 2.99. The number of nitrogens with one attached hydrogen (secondary N) is 1. The first-order valence-corrected chi connectivity index (χ1v) is 4.19. The Balaban J connectivity index is 2.20. The van der Waals surface area contributed by atoms with E-state index in [-0.39, 0.29) is 6.61 Å². The van der Waals surface area contributed by atoms with Gasteiger partial charge in [0.25, 0.3) is 0 Å². The molecule has 0 amide bonds. The third-order valence-electron chi connectivity index (χ3n) is 1.68. The van der Waals surface area contributed by atoms with Crippen molar-refractivity contribution in [3.05, 3.63) is 18.0 Å². The van der Waals surface area contributed by atoms with E-state index in [0.29, 0.717) is 13.1 Å². The molecule has 1 aromatic rings. The summed E-state index contributed by atoms with van der Waals surface area (Å²) in [6, 6.07) is 0. The number of rotatable bonds is 5. The topological polar surface area (TPSA) is 70.3 Å². The summed E-state index contributed by atoms with van der Waals surface area (Å²) < 4.78 is 1.72. The molecule has 0 saturated carbocycles. The van der Waals surface area contributed by atoms with E-state index in [9.17, 15) is 0 Å². The maximum Gasteiger partial charge on any atom is 0.0895 e. The highest BCUT2D eigenvalue weighted by Gasteiger charge is 2.01. The molecule has 0 bridgehead atoms. The van der Waals surface area contributed by atoms with Gasteiger partial charge in [0.1, 0.15) is 0 Å². The maximum absolute atomic E-state index is 9.01. The first kappa shape index (κ1) is 10.2. The van der Waals surface area contributed by atoms with E-state index in [1.807, 2.05) is 13.2 Å². The highest BCUT2D eigenvalue weighted by Crippen LogP contribution is 1.94. The minimum Gasteiger partial charge on any atom is -0.394 e. The average molecular weight is 185 g/mol. The molecule has 1 rings (SSSR count). The Morgan fingerprint density at radius 3 is 3.00 bits per heavy atom. The van der Waals surface area contributed by atoms with Crippen molar-refractivity contribution in [3.8, 4) is 0 Å². The van der Waals surface area contributed by atoms with Crippen molar-refractivity contribution >= 4 is 0 Å². The lowest BCUT2D eigenvalue weighted by atomic mass is 10.3. The SMILES string of the molecule is Cn1cc(CNC[C@@H](O)CO)cn1. The van der Waals surface area contributed by atoms with Gasteiger partial charge >= 0.3 is 0 Å². The van der Waals surface area contributed by atoms with Gasteiger partial charge in [0.15, 0.2) is 0 Å². The fourth-order valence-electron chi connectivity index (χ4n) is 1.01. The Kier molecular flexibility index (Phi) is 3.88. The summed E-state index contributed by atoms with van der Waals surface area (Å²) in [5, 5.41) is 24.5. The van der Waals surface area contributed by atoms with E-state index in [0.717, 1.165) is 5.56 Å². The summed E-state index contributed by atoms with van der Waals surface area (Å²) in [6.07, 6.45) is 2.98. The minimum atomic E-state index is -0.684. The molecule has 74 valence electrons. The van der Waals surface area contributed by atoms with Gasteiger partial charge in [0, 0.05) is 31.9 Å². The van der Waals surface area contributed by atoms with E-state index in [4.69, 9.17) is 10.2 Å². The van der Waals surface area contributed by atoms with Crippen LogP contribution in [-0.2, 0) is 13.6 Å². The van der Waals surface area contributed by atoms with Gasteiger partial charge in [-0.1, -0.05) is 0 Å². The van der Waals surface area contributed by atoms with Gasteiger partial charge in [0.2, 0.25) is 0 Å². The smallest absolute Gasteiger partial charge is 0.0895 e. The Bertz CT molecular complexity index is 249. The molecular formula is C8H15N3O2. The van der Waals surface area contributed by atoms with Gasteiger partial charge in [-0.15, -0.1) is 0 Å². The zero-order valence-corrected chi connectivity index (χ0v) is 7.64. The van der Waals surface area contributed by atoms with Crippen molar-refractivity contribution in [2.45, 2.75) is 12.6 Å². The van der Waals surface area contributed by atoms with Crippen LogP contribution in [0.3, 0.4) is 0 Å². The first-order chi connectivity index (χ1) is 6.22. The Labute approximate surface area is 77.0 Å². The second-order valence-electron chi connectivity index (χ2n) is 2.99. The molecule has 1 atom stereocenters. The molecule has 5 heteroatoms. The summed E-state index contributed by atoms with van der Waals surface area (Å²) in [6.45, 7) is 0.844. The van der Waals surface area contributed by atoms with Crippen LogP contribution in [0.5, 0.6) is 0 Å². The number of nitrogens with zero attached hydrogens (tertiary/aromatic N) is 2. The Morgan fingerprint density at radius 1 is 1.69 bits per heavy atom. The van der Waals surface area contributed by atoms with Crippen LogP contribution in [0.2, 0.25) is 0 Å². The standard InChI is InChI=1S/C8H15N3O2/c1-11-5-7(3-10-11)2-9-4-8(13)6-12/h3,5,8-9,12-13H,2,4,6H2,1H3/t8-/m1/s1. The maximum atomic E-state index is 9.01. The summed E-state index contributed by atoms with van der Waals surface area (Å²) in [5.74, 6) is 0. The molecule has 0 unspecified atom stereocenters. The summed E-state index contributed by atoms with van der Waals surface area (Å²) in [5.41, 5.74) is 1.06. The second kappa shape index (κ2) is 4.96. The van der Waals surface area contributed by atoms with Crippen LogP contribution < -0.4 is 5.32 Å². The molecule has 3 N–H and O–H groups in total. The molecule has 0 aliphatic carbocycles. The van der Waals surface area contributed by atoms with Crippen LogP contribution in [0.25, 0.3) is 0 Å². The zero-order valence-electron chi connectivity index (χ0n) is 7.64. The predicted molar refractivity (Wildman–Crippen MR) is 48.0 cm³/mol. The van der Waals surface area contributed by atoms with Crippen molar-refractivity contribution in [2.24, 2.45) is 7.05 Å². The lowest BCUT2D eigenvalue weighted by molar-refractivity contribution is 0.0942. The number of hydrogen-bond acceptors (Lipinski definition) is 4. The van der Waals surface area contributed by atoms with Crippen LogP contribution in [-0.4, -0.2) is 39.2 Å². The predicted octanol–water partition coefficient (Wildman–Crippen LogP) is -1.14. The molecule has 1 aromatic heterocycles. The Hall–Kier alpha value is -0.910. The number of aromatic nitrogens is 2. The van der Waals surface area contributed by atoms with Crippen molar-refractivity contribution < 1.29 is 10.2 Å². The van der Waals surface area contributed by atoms with E-state index >= 15 is 0 Å². The van der Waals surface area contributed by atoms with Crippen LogP contribution in [0.4, 0.5) is 0 Å². The molecule has 0 aliphatic heterocycles. The third-order valence-corrected chi connectivity index (χ3v) is 1.68. The van der Waals surface area contributed by atoms with Crippen molar-refractivity contribution in [2.75, 3.05) is 13.2 Å². The van der Waals surface area contributed by atoms with Crippen molar-refractivity contribution in [3.63, 3.8) is 0 Å². The van der Waals surface area contributed by atoms with Crippen LogP contribution in [0, 0.1) is 0 Å². The first-order valence-electron chi connectivity index (χ1n) is 4.19. The number of aliphatic hydroxyl groups is 2. The molecule has 1 heterocycles. The Morgan fingerprint density at radius 2 is 2.46 bits per heavy atom. The highest BCUT2D eigenvalue weighted by molar-refractivity contribution is 5.02. The molecule has 13 heavy (non-hydrogen) atoms. The molecular weight excluding hydrogens is 170 g/mol. The molecule has 0 aromatic carbocycles. The minimum absolute atomic E-state index is 0.208. The van der Waals surface area contributed by atoms with Crippen molar-refractivity contribution in [1.29, 1.82) is 0 Å². The zero-order chi connectivity index (χ0) is 9.68. The molecule has 0 aliphatic rings. The lowest BCUT2D eigenvalue weighted by Crippen LogP contribution is -2.28. The number of aliphatic hydroxyl groups excluding tert-OH is 2. The number of hydrogen-bond donors (Lipinski definition) is 3. The van der Waals surface area contributed by atoms with Gasteiger partial charge in [-0.25, -0.2) is 0 Å². The molecule has 0 radical (unpaired) electrons. The normalized spacial score (nSPS) is 13.2. The fourth-order valence-corrected chi connectivity index (χ4v) is 1.01. The monoisotopic (exact) mass is 185 g/mol. The summed E-state index contributed by atoms with van der Waals surface area (Å²) >= 11 is 0. The summed E-state index contributed by atoms with van der Waals surface area (Å²) in [7, 11) is 1.85. The highest BCUT2D eigenvalue weighted by atomic mass is 16.3. The summed E-state index contributed by atoms with van der Waals surface area (Å²) in [4.78, 5) is 0. The largest absolute Gasteiger partial charge is 0.394 e. The van der Waals surface area contributed by atoms with Crippen LogP contribution >= 0.6 is 0 Å². The van der Waals surface area contributed by atoms with Crippen LogP contribution in [0.1, 0.15) is 5.56 Å². The number of aryl methyl sites for hydroxylation is 1. The van der Waals surface area contributed by atoms with Crippen molar-refractivity contribution in [1.82, 2.24) is 15.1 Å². The quantitative estimate of drug-likeness (QED) is 0.542. The van der Waals surface area contributed by atoms with Gasteiger partial charge in [-0.3, -0.25) is 4.68 Å². The van der Waals surface area contributed by atoms with Gasteiger partial charge < -0.3 is 15.5 Å².